The Morgan fingerprint density at radius 3 is 1.94 bits per heavy atom. The Hall–Kier alpha value is -0.530. The molecule has 0 aromatic rings. The molecular weight excluding hydrogens is 216 g/mol. The maximum Gasteiger partial charge on any atom is 0.151 e. The van der Waals surface area contributed by atoms with Crippen LogP contribution in [0.4, 0.5) is 0 Å². The molecule has 0 saturated carbocycles. The van der Waals surface area contributed by atoms with Crippen molar-refractivity contribution < 1.29 is 28.8 Å². The molecule has 0 heterocycles. The predicted octanol–water partition coefficient (Wildman–Crippen LogP) is -0.762. The summed E-state index contributed by atoms with van der Waals surface area (Å²) in [5.74, 6) is 0. The highest BCUT2D eigenvalue weighted by Crippen LogP contribution is 2.13. The molecule has 96 valence electrons. The summed E-state index contributed by atoms with van der Waals surface area (Å²) < 4.78 is 20.0. The van der Waals surface area contributed by atoms with Gasteiger partial charge in [0.2, 0.25) is 0 Å². The first-order chi connectivity index (χ1) is 7.65. The van der Waals surface area contributed by atoms with Crippen LogP contribution in [0.25, 0.3) is 0 Å². The number of hydrogen-bond donors (Lipinski definition) is 1. The van der Waals surface area contributed by atoms with E-state index in [-0.39, 0.29) is 6.61 Å². The Kier molecular flexibility index (Phi) is 8.32. The SMILES string of the molecule is COC[C@H](O)[C@H](OC)[C@H](OC)[C@@H](C=O)OC. The second kappa shape index (κ2) is 8.60. The van der Waals surface area contributed by atoms with Crippen molar-refractivity contribution in [1.29, 1.82) is 0 Å². The number of carbonyl (C=O) groups excluding carboxylic acids is 1. The van der Waals surface area contributed by atoms with Crippen LogP contribution in [0.3, 0.4) is 0 Å². The lowest BCUT2D eigenvalue weighted by molar-refractivity contribution is -0.156. The Morgan fingerprint density at radius 2 is 1.62 bits per heavy atom. The van der Waals surface area contributed by atoms with Crippen molar-refractivity contribution in [1.82, 2.24) is 0 Å². The smallest absolute Gasteiger partial charge is 0.151 e. The lowest BCUT2D eigenvalue weighted by Crippen LogP contribution is -2.49. The fourth-order valence-electron chi connectivity index (χ4n) is 1.50. The van der Waals surface area contributed by atoms with E-state index in [1.54, 1.807) is 0 Å². The van der Waals surface area contributed by atoms with E-state index >= 15 is 0 Å². The van der Waals surface area contributed by atoms with Gasteiger partial charge in [-0.3, -0.25) is 0 Å². The average Bonchev–Trinajstić information content (AvgIpc) is 2.29. The first-order valence-electron chi connectivity index (χ1n) is 4.86. The van der Waals surface area contributed by atoms with Crippen molar-refractivity contribution in [2.75, 3.05) is 35.0 Å². The molecule has 0 fully saturated rings. The summed E-state index contributed by atoms with van der Waals surface area (Å²) in [6.45, 7) is 0.0909. The molecule has 0 aliphatic heterocycles. The van der Waals surface area contributed by atoms with Crippen LogP contribution in [0.2, 0.25) is 0 Å². The summed E-state index contributed by atoms with van der Waals surface area (Å²) in [6.07, 6.45) is -2.45. The van der Waals surface area contributed by atoms with Crippen LogP contribution in [0.5, 0.6) is 0 Å². The molecule has 0 rings (SSSR count). The van der Waals surface area contributed by atoms with Gasteiger partial charge in [-0.15, -0.1) is 0 Å². The molecule has 0 aromatic heterocycles. The standard InChI is InChI=1S/C10H20O6/c1-13-6-7(12)9(15-3)10(16-4)8(5-11)14-2/h5,7-10,12H,6H2,1-4H3/t7-,8+,9-,10+/m0/s1. The van der Waals surface area contributed by atoms with E-state index in [4.69, 9.17) is 18.9 Å². The second-order valence-electron chi connectivity index (χ2n) is 3.26. The van der Waals surface area contributed by atoms with Crippen LogP contribution >= 0.6 is 0 Å². The number of aliphatic hydroxyl groups excluding tert-OH is 1. The van der Waals surface area contributed by atoms with Gasteiger partial charge in [-0.25, -0.2) is 0 Å². The van der Waals surface area contributed by atoms with E-state index in [1.165, 1.54) is 28.4 Å². The van der Waals surface area contributed by atoms with Crippen LogP contribution in [0, 0.1) is 0 Å². The Bertz CT molecular complexity index is 186. The molecule has 16 heavy (non-hydrogen) atoms. The van der Waals surface area contributed by atoms with Gasteiger partial charge in [0, 0.05) is 28.4 Å². The zero-order chi connectivity index (χ0) is 12.6. The lowest BCUT2D eigenvalue weighted by Gasteiger charge is -2.31. The normalized spacial score (nSPS) is 18.8. The molecule has 6 nitrogen and oxygen atoms in total. The van der Waals surface area contributed by atoms with Gasteiger partial charge in [-0.05, 0) is 0 Å². The fourth-order valence-corrected chi connectivity index (χ4v) is 1.50. The van der Waals surface area contributed by atoms with E-state index < -0.39 is 24.4 Å². The van der Waals surface area contributed by atoms with Gasteiger partial charge in [-0.1, -0.05) is 0 Å². The lowest BCUT2D eigenvalue weighted by atomic mass is 10.0. The molecule has 0 bridgehead atoms. The van der Waals surface area contributed by atoms with Gasteiger partial charge in [-0.2, -0.15) is 0 Å². The Balaban J connectivity index is 4.65. The summed E-state index contributed by atoms with van der Waals surface area (Å²) in [4.78, 5) is 10.8. The van der Waals surface area contributed by atoms with Gasteiger partial charge >= 0.3 is 0 Å². The second-order valence-corrected chi connectivity index (χ2v) is 3.26. The zero-order valence-electron chi connectivity index (χ0n) is 10.1. The largest absolute Gasteiger partial charge is 0.388 e. The van der Waals surface area contributed by atoms with Crippen LogP contribution < -0.4 is 0 Å². The van der Waals surface area contributed by atoms with Gasteiger partial charge in [0.25, 0.3) is 0 Å². The average molecular weight is 236 g/mol. The zero-order valence-corrected chi connectivity index (χ0v) is 10.1. The van der Waals surface area contributed by atoms with Gasteiger partial charge in [0.05, 0.1) is 6.61 Å². The maximum absolute atomic E-state index is 10.8. The molecule has 0 radical (unpaired) electrons. The number of aldehydes is 1. The number of ether oxygens (including phenoxy) is 4. The number of methoxy groups -OCH3 is 4. The highest BCUT2D eigenvalue weighted by molar-refractivity contribution is 5.57. The summed E-state index contributed by atoms with van der Waals surface area (Å²) >= 11 is 0. The molecule has 0 aromatic carbocycles. The highest BCUT2D eigenvalue weighted by Gasteiger charge is 2.34. The summed E-state index contributed by atoms with van der Waals surface area (Å²) in [5, 5.41) is 9.75. The van der Waals surface area contributed by atoms with Crippen molar-refractivity contribution in [2.24, 2.45) is 0 Å². The quantitative estimate of drug-likeness (QED) is 0.530. The van der Waals surface area contributed by atoms with Gasteiger partial charge < -0.3 is 28.8 Å². The summed E-state index contributed by atoms with van der Waals surface area (Å²) in [6, 6.07) is 0. The summed E-state index contributed by atoms with van der Waals surface area (Å²) in [5.41, 5.74) is 0. The number of rotatable bonds is 9. The van der Waals surface area contributed by atoms with Crippen molar-refractivity contribution in [2.45, 2.75) is 24.4 Å². The molecule has 0 aliphatic rings. The third kappa shape index (κ3) is 4.15. The Morgan fingerprint density at radius 1 is 1.06 bits per heavy atom. The maximum atomic E-state index is 10.8. The molecular formula is C10H20O6. The van der Waals surface area contributed by atoms with Gasteiger partial charge in [0.1, 0.15) is 24.4 Å². The minimum atomic E-state index is -0.891. The van der Waals surface area contributed by atoms with E-state index in [9.17, 15) is 9.90 Å². The van der Waals surface area contributed by atoms with E-state index in [1.807, 2.05) is 0 Å². The molecule has 0 spiro atoms. The molecule has 6 heteroatoms. The minimum Gasteiger partial charge on any atom is -0.388 e. The van der Waals surface area contributed by atoms with Gasteiger partial charge in [0.15, 0.2) is 6.29 Å². The van der Waals surface area contributed by atoms with Crippen LogP contribution in [-0.4, -0.2) is 70.9 Å². The van der Waals surface area contributed by atoms with E-state index in [0.717, 1.165) is 0 Å². The van der Waals surface area contributed by atoms with Crippen LogP contribution in [-0.2, 0) is 23.7 Å². The fraction of sp³-hybridized carbons (Fsp3) is 0.900. The molecule has 0 saturated heterocycles. The topological polar surface area (TPSA) is 74.2 Å². The minimum absolute atomic E-state index is 0.0909. The summed E-state index contributed by atoms with van der Waals surface area (Å²) in [7, 11) is 5.70. The Labute approximate surface area is 95.4 Å². The van der Waals surface area contributed by atoms with Crippen molar-refractivity contribution in [3.63, 3.8) is 0 Å². The third-order valence-electron chi connectivity index (χ3n) is 2.31. The molecule has 4 atom stereocenters. The molecule has 1 N–H and O–H groups in total. The molecule has 0 amide bonds. The van der Waals surface area contributed by atoms with Crippen molar-refractivity contribution >= 4 is 6.29 Å². The number of aliphatic hydroxyl groups is 1. The number of hydrogen-bond acceptors (Lipinski definition) is 6. The highest BCUT2D eigenvalue weighted by atomic mass is 16.6. The predicted molar refractivity (Wildman–Crippen MR) is 56.3 cm³/mol. The first-order valence-corrected chi connectivity index (χ1v) is 4.86. The van der Waals surface area contributed by atoms with Crippen molar-refractivity contribution in [3.8, 4) is 0 Å². The van der Waals surface area contributed by atoms with Crippen molar-refractivity contribution in [3.05, 3.63) is 0 Å². The monoisotopic (exact) mass is 236 g/mol. The molecule has 0 unspecified atom stereocenters. The van der Waals surface area contributed by atoms with Crippen LogP contribution in [0.1, 0.15) is 0 Å². The third-order valence-corrected chi connectivity index (χ3v) is 2.31. The molecule has 0 aliphatic carbocycles. The first kappa shape index (κ1) is 15.5. The van der Waals surface area contributed by atoms with Crippen LogP contribution in [0.15, 0.2) is 0 Å². The number of carbonyl (C=O) groups is 1. The van der Waals surface area contributed by atoms with E-state index in [0.29, 0.717) is 6.29 Å². The van der Waals surface area contributed by atoms with E-state index in [2.05, 4.69) is 0 Å².